The van der Waals surface area contributed by atoms with Crippen molar-refractivity contribution in [1.82, 2.24) is 0 Å². The van der Waals surface area contributed by atoms with Gasteiger partial charge in [-0.2, -0.15) is 0 Å². The van der Waals surface area contributed by atoms with Gasteiger partial charge in [0.15, 0.2) is 11.2 Å². The van der Waals surface area contributed by atoms with Crippen LogP contribution in [0.15, 0.2) is 256 Å². The highest BCUT2D eigenvalue weighted by Gasteiger charge is 2.28. The second-order valence-electron chi connectivity index (χ2n) is 19.6. The second kappa shape index (κ2) is 16.9. The summed E-state index contributed by atoms with van der Waals surface area (Å²) in [5.74, 6) is 0. The largest absolute Gasteiger partial charge is 0.455 e. The Hall–Kier alpha value is -9.84. The van der Waals surface area contributed by atoms with Gasteiger partial charge in [-0.1, -0.05) is 194 Å². The molecule has 0 aliphatic carbocycles. The van der Waals surface area contributed by atoms with E-state index in [9.17, 15) is 0 Å². The summed E-state index contributed by atoms with van der Waals surface area (Å²) in [5.41, 5.74) is 17.8. The Morgan fingerprint density at radius 1 is 0.253 bits per heavy atom. The molecule has 12 aromatic carbocycles. The standard InChI is InChI=1S/C70H46N2O3/c1-43-21-9-11-27-47(43)52-33-17-35-55-57-37-19-39-60(69(57)74-66(52)55)71(45-23-5-3-6-24-45)62-41-59-65-51-31-15-13-29-49(51)63(42-64(65)73-68(59)54-32-16-14-30-50(54)62)72(46-25-7-4-8-26-46)61-40-20-38-58-56-36-18-34-53(67(56)75-70(58)61)48-28-12-10-22-44(48)2/h3-42H,1-2H3. The van der Waals surface area contributed by atoms with Gasteiger partial charge in [0.2, 0.25) is 0 Å². The van der Waals surface area contributed by atoms with Crippen LogP contribution in [0.3, 0.4) is 0 Å². The number of fused-ring (bicyclic) bond motifs is 13. The topological polar surface area (TPSA) is 45.9 Å². The number of hydrogen-bond acceptors (Lipinski definition) is 5. The van der Waals surface area contributed by atoms with E-state index in [1.807, 2.05) is 0 Å². The van der Waals surface area contributed by atoms with Crippen LogP contribution < -0.4 is 9.80 Å². The third kappa shape index (κ3) is 6.58. The molecule has 0 saturated heterocycles. The molecule has 3 aromatic heterocycles. The van der Waals surface area contributed by atoms with Gasteiger partial charge in [0, 0.05) is 77.0 Å². The monoisotopic (exact) mass is 962 g/mol. The van der Waals surface area contributed by atoms with Gasteiger partial charge in [-0.05, 0) is 84.0 Å². The van der Waals surface area contributed by atoms with Gasteiger partial charge in [0.05, 0.1) is 22.7 Å². The van der Waals surface area contributed by atoms with E-state index in [1.54, 1.807) is 0 Å². The second-order valence-corrected chi connectivity index (χ2v) is 19.6. The minimum atomic E-state index is 0.787. The van der Waals surface area contributed by atoms with Crippen LogP contribution in [0, 0.1) is 13.8 Å². The molecule has 354 valence electrons. The van der Waals surface area contributed by atoms with E-state index in [-0.39, 0.29) is 0 Å². The molecule has 0 atom stereocenters. The van der Waals surface area contributed by atoms with Crippen LogP contribution in [-0.2, 0) is 0 Å². The fourth-order valence-electron chi connectivity index (χ4n) is 11.9. The van der Waals surface area contributed by atoms with Crippen LogP contribution >= 0.6 is 0 Å². The molecule has 0 amide bonds. The Bertz CT molecular complexity index is 4760. The average Bonchev–Trinajstić information content (AvgIpc) is 4.18. The van der Waals surface area contributed by atoms with Gasteiger partial charge in [0.1, 0.15) is 22.3 Å². The molecule has 3 heterocycles. The van der Waals surface area contributed by atoms with Crippen LogP contribution in [-0.4, -0.2) is 0 Å². The lowest BCUT2D eigenvalue weighted by Gasteiger charge is -2.27. The summed E-state index contributed by atoms with van der Waals surface area (Å²) in [5, 5.41) is 10.6. The maximum Gasteiger partial charge on any atom is 0.159 e. The van der Waals surface area contributed by atoms with Crippen molar-refractivity contribution < 1.29 is 13.3 Å². The third-order valence-electron chi connectivity index (χ3n) is 15.3. The van der Waals surface area contributed by atoms with Gasteiger partial charge < -0.3 is 23.1 Å². The first kappa shape index (κ1) is 42.8. The Morgan fingerprint density at radius 2 is 0.627 bits per heavy atom. The first-order valence-corrected chi connectivity index (χ1v) is 25.6. The number of hydrogen-bond donors (Lipinski definition) is 0. The summed E-state index contributed by atoms with van der Waals surface area (Å²) < 4.78 is 21.6. The molecule has 0 N–H and O–H groups in total. The molecule has 0 fully saturated rings. The zero-order chi connectivity index (χ0) is 49.7. The maximum atomic E-state index is 7.28. The predicted octanol–water partition coefficient (Wildman–Crippen LogP) is 20.6. The molecular formula is C70H46N2O3. The molecule has 15 rings (SSSR count). The number of aryl methyl sites for hydroxylation is 2. The molecule has 5 heteroatoms. The lowest BCUT2D eigenvalue weighted by atomic mass is 9.97. The fourth-order valence-corrected chi connectivity index (χ4v) is 11.9. The van der Waals surface area contributed by atoms with E-state index in [2.05, 4.69) is 266 Å². The van der Waals surface area contributed by atoms with Crippen molar-refractivity contribution in [3.8, 4) is 22.3 Å². The van der Waals surface area contributed by atoms with Crippen molar-refractivity contribution in [3.63, 3.8) is 0 Å². The molecular weight excluding hydrogens is 917 g/mol. The number of benzene rings is 12. The van der Waals surface area contributed by atoms with Gasteiger partial charge in [-0.3, -0.25) is 0 Å². The minimum Gasteiger partial charge on any atom is -0.455 e. The molecule has 0 spiro atoms. The average molecular weight is 963 g/mol. The first-order valence-electron chi connectivity index (χ1n) is 25.6. The van der Waals surface area contributed by atoms with Crippen molar-refractivity contribution >= 4 is 121 Å². The van der Waals surface area contributed by atoms with Gasteiger partial charge in [-0.15, -0.1) is 0 Å². The number of furan rings is 3. The summed E-state index contributed by atoms with van der Waals surface area (Å²) in [7, 11) is 0. The highest BCUT2D eigenvalue weighted by Crippen LogP contribution is 2.52. The summed E-state index contributed by atoms with van der Waals surface area (Å²) >= 11 is 0. The van der Waals surface area contributed by atoms with Crippen molar-refractivity contribution in [2.24, 2.45) is 0 Å². The van der Waals surface area contributed by atoms with Crippen LogP contribution in [0.2, 0.25) is 0 Å². The van der Waals surface area contributed by atoms with E-state index in [0.29, 0.717) is 0 Å². The Morgan fingerprint density at radius 3 is 1.15 bits per heavy atom. The normalized spacial score (nSPS) is 11.9. The van der Waals surface area contributed by atoms with E-state index in [4.69, 9.17) is 13.3 Å². The van der Waals surface area contributed by atoms with Gasteiger partial charge in [-0.25, -0.2) is 0 Å². The molecule has 0 unspecified atom stereocenters. The predicted molar refractivity (Wildman–Crippen MR) is 313 cm³/mol. The molecule has 0 radical (unpaired) electrons. The highest BCUT2D eigenvalue weighted by molar-refractivity contribution is 6.28. The molecule has 75 heavy (non-hydrogen) atoms. The molecule has 5 nitrogen and oxygen atoms in total. The minimum absolute atomic E-state index is 0.787. The molecule has 0 saturated carbocycles. The maximum absolute atomic E-state index is 7.28. The van der Waals surface area contributed by atoms with Gasteiger partial charge in [0.25, 0.3) is 0 Å². The zero-order valence-electron chi connectivity index (χ0n) is 41.2. The van der Waals surface area contributed by atoms with Crippen molar-refractivity contribution in [2.45, 2.75) is 13.8 Å². The lowest BCUT2D eigenvalue weighted by Crippen LogP contribution is -2.11. The third-order valence-corrected chi connectivity index (χ3v) is 15.3. The van der Waals surface area contributed by atoms with E-state index >= 15 is 0 Å². The Balaban J connectivity index is 0.982. The fraction of sp³-hybridized carbons (Fsp3) is 0.0286. The van der Waals surface area contributed by atoms with Crippen molar-refractivity contribution in [3.05, 3.63) is 254 Å². The van der Waals surface area contributed by atoms with Crippen LogP contribution in [0.1, 0.15) is 11.1 Å². The first-order chi connectivity index (χ1) is 37.1. The molecule has 0 aliphatic heterocycles. The zero-order valence-corrected chi connectivity index (χ0v) is 41.2. The highest BCUT2D eigenvalue weighted by atomic mass is 16.3. The molecule has 15 aromatic rings. The Kier molecular flexibility index (Phi) is 9.63. The van der Waals surface area contributed by atoms with Crippen LogP contribution in [0.5, 0.6) is 0 Å². The quantitative estimate of drug-likeness (QED) is 0.152. The van der Waals surface area contributed by atoms with E-state index in [0.717, 1.165) is 144 Å². The van der Waals surface area contributed by atoms with E-state index in [1.165, 1.54) is 11.1 Å². The van der Waals surface area contributed by atoms with Crippen LogP contribution in [0.25, 0.3) is 110 Å². The van der Waals surface area contributed by atoms with Crippen LogP contribution in [0.4, 0.5) is 34.1 Å². The lowest BCUT2D eigenvalue weighted by molar-refractivity contribution is 0.669. The smallest absolute Gasteiger partial charge is 0.159 e. The number of anilines is 6. The van der Waals surface area contributed by atoms with Crippen molar-refractivity contribution in [1.29, 1.82) is 0 Å². The van der Waals surface area contributed by atoms with E-state index < -0.39 is 0 Å². The SMILES string of the molecule is Cc1ccccc1-c1cccc2c1oc1c(N(c3ccccc3)c3cc4c(oc5cc(N(c6ccccc6)c6cccc7c6oc6c(-c8ccccc8C)cccc67)c6ccccc6c54)c4ccccc34)cccc12. The number of rotatable bonds is 8. The Labute approximate surface area is 432 Å². The van der Waals surface area contributed by atoms with Crippen molar-refractivity contribution in [2.75, 3.05) is 9.80 Å². The molecule has 0 bridgehead atoms. The summed E-state index contributed by atoms with van der Waals surface area (Å²) in [6.45, 7) is 4.32. The number of para-hydroxylation sites is 6. The summed E-state index contributed by atoms with van der Waals surface area (Å²) in [4.78, 5) is 4.71. The van der Waals surface area contributed by atoms with Gasteiger partial charge >= 0.3 is 0 Å². The molecule has 0 aliphatic rings. The summed E-state index contributed by atoms with van der Waals surface area (Å²) in [6.07, 6.45) is 0. The summed E-state index contributed by atoms with van der Waals surface area (Å²) in [6, 6.07) is 86.2. The number of nitrogens with zero attached hydrogens (tertiary/aromatic N) is 2.